The predicted octanol–water partition coefficient (Wildman–Crippen LogP) is 2.28. The Kier molecular flexibility index (Phi) is 3.52. The van der Waals surface area contributed by atoms with E-state index in [1.54, 1.807) is 0 Å². The van der Waals surface area contributed by atoms with Gasteiger partial charge >= 0.3 is 0 Å². The Balaban J connectivity index is 1.35. The van der Waals surface area contributed by atoms with Crippen molar-refractivity contribution < 1.29 is 0 Å². The first kappa shape index (κ1) is 14.7. The van der Waals surface area contributed by atoms with Crippen LogP contribution in [0.5, 0.6) is 0 Å². The van der Waals surface area contributed by atoms with Gasteiger partial charge in [0.05, 0.1) is 11.7 Å². The van der Waals surface area contributed by atoms with Crippen molar-refractivity contribution in [2.24, 2.45) is 5.92 Å². The Hall–Kier alpha value is -2.67. The lowest BCUT2D eigenvalue weighted by molar-refractivity contribution is 0.373. The molecule has 2 aliphatic rings. The van der Waals surface area contributed by atoms with E-state index in [-0.39, 0.29) is 0 Å². The average molecular weight is 335 g/mol. The number of nitrogens with zero attached hydrogens (tertiary/aromatic N) is 4. The largest absolute Gasteiger partial charge is 0.340 e. The van der Waals surface area contributed by atoms with Gasteiger partial charge in [0.15, 0.2) is 0 Å². The minimum atomic E-state index is 0.680. The lowest BCUT2D eigenvalue weighted by atomic mass is 9.94. The van der Waals surface area contributed by atoms with Crippen molar-refractivity contribution in [2.75, 3.05) is 29.9 Å². The lowest BCUT2D eigenvalue weighted by Crippen LogP contribution is -2.45. The number of piperidine rings is 1. The second kappa shape index (κ2) is 6.00. The zero-order valence-corrected chi connectivity index (χ0v) is 13.9. The Bertz CT molecular complexity index is 890. The fourth-order valence-corrected chi connectivity index (χ4v) is 3.97. The van der Waals surface area contributed by atoms with Crippen LogP contribution in [0.1, 0.15) is 12.8 Å². The summed E-state index contributed by atoms with van der Waals surface area (Å²) in [5, 5.41) is 15.1. The van der Waals surface area contributed by atoms with Gasteiger partial charge in [-0.25, -0.2) is 4.98 Å². The second-order valence-corrected chi connectivity index (χ2v) is 6.88. The highest BCUT2D eigenvalue weighted by atomic mass is 15.3. The second-order valence-electron chi connectivity index (χ2n) is 6.88. The van der Waals surface area contributed by atoms with E-state index >= 15 is 0 Å². The first-order valence-electron chi connectivity index (χ1n) is 8.87. The number of anilines is 3. The molecule has 5 rings (SSSR count). The van der Waals surface area contributed by atoms with Gasteiger partial charge in [-0.1, -0.05) is 0 Å². The van der Waals surface area contributed by atoms with Crippen molar-refractivity contribution in [1.82, 2.24) is 25.5 Å². The van der Waals surface area contributed by atoms with E-state index in [0.717, 1.165) is 53.9 Å². The summed E-state index contributed by atoms with van der Waals surface area (Å²) >= 11 is 0. The van der Waals surface area contributed by atoms with Crippen molar-refractivity contribution in [3.05, 3.63) is 36.7 Å². The van der Waals surface area contributed by atoms with Crippen molar-refractivity contribution in [3.63, 3.8) is 0 Å². The van der Waals surface area contributed by atoms with E-state index in [0.29, 0.717) is 6.04 Å². The van der Waals surface area contributed by atoms with Crippen molar-refractivity contribution in [1.29, 1.82) is 0 Å². The van der Waals surface area contributed by atoms with Crippen molar-refractivity contribution >= 4 is 28.4 Å². The van der Waals surface area contributed by atoms with Gasteiger partial charge in [0.25, 0.3) is 0 Å². The van der Waals surface area contributed by atoms with Gasteiger partial charge in [-0.3, -0.25) is 5.10 Å². The maximum Gasteiger partial charge on any atom is 0.227 e. The van der Waals surface area contributed by atoms with E-state index < -0.39 is 0 Å². The SMILES string of the molecule is c1cc(Nc2ccc3[nH]ncc3c2)nc(N2CCC3NCCC3C2)n1. The molecular weight excluding hydrogens is 314 g/mol. The number of H-pyrrole nitrogens is 1. The number of hydrogen-bond donors (Lipinski definition) is 3. The topological polar surface area (TPSA) is 81.8 Å². The van der Waals surface area contributed by atoms with Gasteiger partial charge in [-0.15, -0.1) is 0 Å². The molecule has 0 amide bonds. The van der Waals surface area contributed by atoms with Crippen LogP contribution in [0.15, 0.2) is 36.7 Å². The molecule has 128 valence electrons. The summed E-state index contributed by atoms with van der Waals surface area (Å²) in [7, 11) is 0. The number of hydrogen-bond acceptors (Lipinski definition) is 6. The molecule has 2 fully saturated rings. The molecule has 3 aromatic rings. The first-order valence-corrected chi connectivity index (χ1v) is 8.87. The van der Waals surface area contributed by atoms with Gasteiger partial charge in [-0.05, 0) is 49.6 Å². The van der Waals surface area contributed by atoms with Crippen LogP contribution in [0.3, 0.4) is 0 Å². The molecule has 0 aliphatic carbocycles. The highest BCUT2D eigenvalue weighted by molar-refractivity contribution is 5.82. The Morgan fingerprint density at radius 3 is 3.20 bits per heavy atom. The van der Waals surface area contributed by atoms with Crippen LogP contribution in [0, 0.1) is 5.92 Å². The van der Waals surface area contributed by atoms with Crippen LogP contribution in [0.25, 0.3) is 10.9 Å². The monoisotopic (exact) mass is 335 g/mol. The molecule has 0 radical (unpaired) electrons. The summed E-state index contributed by atoms with van der Waals surface area (Å²) < 4.78 is 0. The maximum absolute atomic E-state index is 4.73. The average Bonchev–Trinajstić information content (AvgIpc) is 3.30. The number of fused-ring (bicyclic) bond motifs is 2. The maximum atomic E-state index is 4.73. The van der Waals surface area contributed by atoms with E-state index in [1.165, 1.54) is 12.8 Å². The molecule has 2 aliphatic heterocycles. The summed E-state index contributed by atoms with van der Waals surface area (Å²) in [6, 6.07) is 8.70. The summed E-state index contributed by atoms with van der Waals surface area (Å²) in [5.41, 5.74) is 2.03. The normalized spacial score (nSPS) is 23.0. The highest BCUT2D eigenvalue weighted by Crippen LogP contribution is 2.27. The van der Waals surface area contributed by atoms with Gasteiger partial charge in [-0.2, -0.15) is 10.1 Å². The zero-order valence-electron chi connectivity index (χ0n) is 13.9. The number of aromatic amines is 1. The minimum absolute atomic E-state index is 0.680. The quantitative estimate of drug-likeness (QED) is 0.681. The minimum Gasteiger partial charge on any atom is -0.340 e. The summed E-state index contributed by atoms with van der Waals surface area (Å²) in [6.45, 7) is 3.20. The fourth-order valence-electron chi connectivity index (χ4n) is 3.97. The smallest absolute Gasteiger partial charge is 0.227 e. The standard InChI is InChI=1S/C18H21N7/c1-2-16-13(10-21-24-16)9-14(1)22-17-4-7-20-18(23-17)25-8-5-15-12(11-25)3-6-19-15/h1-2,4,7,9-10,12,15,19H,3,5-6,8,11H2,(H,21,24)(H,20,22,23). The van der Waals surface area contributed by atoms with Gasteiger partial charge in [0.1, 0.15) is 5.82 Å². The Labute approximate surface area is 145 Å². The molecule has 4 heterocycles. The molecule has 2 aromatic heterocycles. The van der Waals surface area contributed by atoms with Gasteiger partial charge in [0.2, 0.25) is 5.95 Å². The van der Waals surface area contributed by atoms with Crippen LogP contribution in [-0.4, -0.2) is 45.8 Å². The summed E-state index contributed by atoms with van der Waals surface area (Å²) in [5.74, 6) is 2.36. The molecule has 2 saturated heterocycles. The van der Waals surface area contributed by atoms with Crippen molar-refractivity contribution in [3.8, 4) is 0 Å². The zero-order chi connectivity index (χ0) is 16.6. The van der Waals surface area contributed by atoms with Gasteiger partial charge < -0.3 is 15.5 Å². The molecule has 0 bridgehead atoms. The predicted molar refractivity (Wildman–Crippen MR) is 98.1 cm³/mol. The van der Waals surface area contributed by atoms with E-state index in [2.05, 4.69) is 36.8 Å². The van der Waals surface area contributed by atoms with E-state index in [9.17, 15) is 0 Å². The third-order valence-electron chi connectivity index (χ3n) is 5.29. The number of aromatic nitrogens is 4. The number of rotatable bonds is 3. The van der Waals surface area contributed by atoms with Crippen LogP contribution < -0.4 is 15.5 Å². The summed E-state index contributed by atoms with van der Waals surface area (Å²) in [6.07, 6.45) is 6.08. The molecular formula is C18H21N7. The van der Waals surface area contributed by atoms with Crippen LogP contribution >= 0.6 is 0 Å². The Morgan fingerprint density at radius 2 is 2.20 bits per heavy atom. The number of nitrogens with one attached hydrogen (secondary N) is 3. The molecule has 0 saturated carbocycles. The third kappa shape index (κ3) is 2.80. The highest BCUT2D eigenvalue weighted by Gasteiger charge is 2.33. The Morgan fingerprint density at radius 1 is 1.20 bits per heavy atom. The van der Waals surface area contributed by atoms with Crippen LogP contribution in [-0.2, 0) is 0 Å². The van der Waals surface area contributed by atoms with Crippen LogP contribution in [0.2, 0.25) is 0 Å². The molecule has 25 heavy (non-hydrogen) atoms. The van der Waals surface area contributed by atoms with Gasteiger partial charge in [0, 0.05) is 36.4 Å². The molecule has 3 N–H and O–H groups in total. The fraction of sp³-hybridized carbons (Fsp3) is 0.389. The molecule has 7 heteroatoms. The summed E-state index contributed by atoms with van der Waals surface area (Å²) in [4.78, 5) is 11.6. The van der Waals surface area contributed by atoms with E-state index in [1.807, 2.05) is 30.6 Å². The number of benzene rings is 1. The lowest BCUT2D eigenvalue weighted by Gasteiger charge is -2.34. The molecule has 0 spiro atoms. The third-order valence-corrected chi connectivity index (χ3v) is 5.29. The molecule has 1 aromatic carbocycles. The van der Waals surface area contributed by atoms with Crippen LogP contribution in [0.4, 0.5) is 17.5 Å². The molecule has 2 atom stereocenters. The van der Waals surface area contributed by atoms with E-state index in [4.69, 9.17) is 4.98 Å². The molecule has 2 unspecified atom stereocenters. The molecule has 7 nitrogen and oxygen atoms in total. The first-order chi connectivity index (χ1) is 12.3. The van der Waals surface area contributed by atoms with Crippen molar-refractivity contribution in [2.45, 2.75) is 18.9 Å².